The number of nitrogens with one attached hydrogen (secondary N) is 3. The molecule has 4 aromatic rings. The predicted octanol–water partition coefficient (Wildman–Crippen LogP) is 8.38. The molecule has 0 saturated heterocycles. The molecule has 220 valence electrons. The zero-order chi connectivity index (χ0) is 30.8. The third kappa shape index (κ3) is 9.08. The van der Waals surface area contributed by atoms with E-state index in [1.54, 1.807) is 54.6 Å². The molecular formula is C35H34ClN3O3S. The molecule has 0 aliphatic heterocycles. The number of rotatable bonds is 11. The number of halogens is 1. The third-order valence-corrected chi connectivity index (χ3v) is 8.30. The summed E-state index contributed by atoms with van der Waals surface area (Å²) >= 11 is 7.61. The van der Waals surface area contributed by atoms with E-state index in [2.05, 4.69) is 29.8 Å². The second-order valence-corrected chi connectivity index (χ2v) is 11.8. The lowest BCUT2D eigenvalue weighted by molar-refractivity contribution is -0.116. The van der Waals surface area contributed by atoms with Gasteiger partial charge < -0.3 is 16.0 Å². The Labute approximate surface area is 261 Å². The molecule has 0 heterocycles. The Kier molecular flexibility index (Phi) is 11.2. The molecule has 4 rings (SSSR count). The number of anilines is 2. The van der Waals surface area contributed by atoms with E-state index in [-0.39, 0.29) is 22.8 Å². The minimum absolute atomic E-state index is 0.106. The topological polar surface area (TPSA) is 87.3 Å². The fourth-order valence-corrected chi connectivity index (χ4v) is 5.39. The molecule has 0 bridgehead atoms. The first-order chi connectivity index (χ1) is 20.7. The monoisotopic (exact) mass is 611 g/mol. The number of hydrogen-bond acceptors (Lipinski definition) is 4. The van der Waals surface area contributed by atoms with Gasteiger partial charge in [-0.1, -0.05) is 93.0 Å². The number of para-hydroxylation sites is 1. The normalized spacial score (nSPS) is 12.0. The molecule has 3 N–H and O–H groups in total. The van der Waals surface area contributed by atoms with E-state index < -0.39 is 5.91 Å². The summed E-state index contributed by atoms with van der Waals surface area (Å²) in [5, 5.41) is 8.67. The minimum Gasteiger partial charge on any atom is -0.324 e. The van der Waals surface area contributed by atoms with Gasteiger partial charge in [0.1, 0.15) is 5.70 Å². The summed E-state index contributed by atoms with van der Waals surface area (Å²) in [6, 6.07) is 31.0. The molecule has 1 unspecified atom stereocenters. The van der Waals surface area contributed by atoms with Crippen molar-refractivity contribution in [1.29, 1.82) is 0 Å². The van der Waals surface area contributed by atoms with Gasteiger partial charge in [0, 0.05) is 16.1 Å². The van der Waals surface area contributed by atoms with Crippen LogP contribution < -0.4 is 16.0 Å². The van der Waals surface area contributed by atoms with Crippen LogP contribution in [-0.2, 0) is 9.59 Å². The van der Waals surface area contributed by atoms with E-state index in [9.17, 15) is 14.4 Å². The van der Waals surface area contributed by atoms with Crippen LogP contribution in [0, 0.1) is 0 Å². The number of carbonyl (C=O) groups is 3. The van der Waals surface area contributed by atoms with Crippen LogP contribution in [0.2, 0.25) is 5.02 Å². The van der Waals surface area contributed by atoms with Gasteiger partial charge in [-0.05, 0) is 72.0 Å². The molecule has 3 amide bonds. The van der Waals surface area contributed by atoms with Crippen molar-refractivity contribution in [3.63, 3.8) is 0 Å². The average molecular weight is 612 g/mol. The summed E-state index contributed by atoms with van der Waals surface area (Å²) in [6.45, 7) is 6.17. The van der Waals surface area contributed by atoms with Crippen molar-refractivity contribution in [3.05, 3.63) is 131 Å². The molecule has 8 heteroatoms. The van der Waals surface area contributed by atoms with Crippen LogP contribution in [0.25, 0.3) is 6.08 Å². The van der Waals surface area contributed by atoms with Gasteiger partial charge in [-0.25, -0.2) is 0 Å². The van der Waals surface area contributed by atoms with Crippen molar-refractivity contribution in [1.82, 2.24) is 5.32 Å². The Morgan fingerprint density at radius 2 is 1.53 bits per heavy atom. The molecule has 1 atom stereocenters. The number of carbonyl (C=O) groups excluding carboxylic acids is 3. The molecule has 0 fully saturated rings. The lowest BCUT2D eigenvalue weighted by Gasteiger charge is -2.16. The van der Waals surface area contributed by atoms with Gasteiger partial charge in [0.2, 0.25) is 5.91 Å². The SMILES string of the molecule is CCC(Sc1cccc(NC(=O)/C(=C\c2ccc(C(C)C)cc2)NC(=O)c2ccccc2)c1)C(=O)Nc1ccccc1Cl. The predicted molar refractivity (Wildman–Crippen MR) is 178 cm³/mol. The van der Waals surface area contributed by atoms with Crippen LogP contribution in [-0.4, -0.2) is 23.0 Å². The first-order valence-corrected chi connectivity index (χ1v) is 15.3. The van der Waals surface area contributed by atoms with E-state index in [0.717, 1.165) is 10.5 Å². The smallest absolute Gasteiger partial charge is 0.272 e. The highest BCUT2D eigenvalue weighted by Gasteiger charge is 2.20. The second kappa shape index (κ2) is 15.2. The molecular weight excluding hydrogens is 578 g/mol. The fourth-order valence-electron chi connectivity index (χ4n) is 4.19. The molecule has 4 aromatic carbocycles. The zero-order valence-electron chi connectivity index (χ0n) is 24.3. The lowest BCUT2D eigenvalue weighted by Crippen LogP contribution is -2.30. The van der Waals surface area contributed by atoms with Gasteiger partial charge in [0.15, 0.2) is 0 Å². The highest BCUT2D eigenvalue weighted by molar-refractivity contribution is 8.00. The Morgan fingerprint density at radius 1 is 0.837 bits per heavy atom. The molecule has 0 saturated carbocycles. The molecule has 0 spiro atoms. The maximum Gasteiger partial charge on any atom is 0.272 e. The summed E-state index contributed by atoms with van der Waals surface area (Å²) in [5.74, 6) is -0.645. The van der Waals surface area contributed by atoms with Crippen LogP contribution in [0.1, 0.15) is 54.6 Å². The number of thioether (sulfide) groups is 1. The maximum absolute atomic E-state index is 13.5. The van der Waals surface area contributed by atoms with Gasteiger partial charge in [-0.2, -0.15) is 0 Å². The first kappa shape index (κ1) is 31.6. The van der Waals surface area contributed by atoms with Gasteiger partial charge in [-0.3, -0.25) is 14.4 Å². The van der Waals surface area contributed by atoms with E-state index in [1.165, 1.54) is 17.3 Å². The maximum atomic E-state index is 13.5. The highest BCUT2D eigenvalue weighted by Crippen LogP contribution is 2.30. The highest BCUT2D eigenvalue weighted by atomic mass is 35.5. The largest absolute Gasteiger partial charge is 0.324 e. The standard InChI is InChI=1S/C35H34ClN3O3S/c1-4-32(35(42)38-30-16-9-8-15-29(30)36)43-28-14-10-13-27(22-28)37-34(41)31(39-33(40)26-11-6-5-7-12-26)21-24-17-19-25(20-18-24)23(2)3/h5-23,32H,4H2,1-3H3,(H,37,41)(H,38,42)(H,39,40)/b31-21+. The summed E-state index contributed by atoms with van der Waals surface area (Å²) in [6.07, 6.45) is 2.25. The minimum atomic E-state index is -0.470. The molecule has 0 aliphatic carbocycles. The number of hydrogen-bond donors (Lipinski definition) is 3. The van der Waals surface area contributed by atoms with Gasteiger partial charge in [0.05, 0.1) is 16.0 Å². The Morgan fingerprint density at radius 3 is 2.21 bits per heavy atom. The summed E-state index contributed by atoms with van der Waals surface area (Å²) in [7, 11) is 0. The third-order valence-electron chi connectivity index (χ3n) is 6.61. The van der Waals surface area contributed by atoms with Crippen molar-refractivity contribution in [3.8, 4) is 0 Å². The Bertz CT molecular complexity index is 1600. The van der Waals surface area contributed by atoms with Crippen LogP contribution in [0.15, 0.2) is 114 Å². The first-order valence-electron chi connectivity index (χ1n) is 14.0. The zero-order valence-corrected chi connectivity index (χ0v) is 25.8. The Balaban J connectivity index is 1.51. The molecule has 0 radical (unpaired) electrons. The van der Waals surface area contributed by atoms with Crippen LogP contribution >= 0.6 is 23.4 Å². The van der Waals surface area contributed by atoms with Crippen LogP contribution in [0.3, 0.4) is 0 Å². The van der Waals surface area contributed by atoms with Crippen molar-refractivity contribution >= 4 is 58.5 Å². The van der Waals surface area contributed by atoms with E-state index in [4.69, 9.17) is 11.6 Å². The fraction of sp³-hybridized carbons (Fsp3) is 0.171. The van der Waals surface area contributed by atoms with Crippen molar-refractivity contribution in [2.24, 2.45) is 0 Å². The van der Waals surface area contributed by atoms with Crippen molar-refractivity contribution in [2.45, 2.75) is 43.3 Å². The Hall–Kier alpha value is -4.33. The second-order valence-electron chi connectivity index (χ2n) is 10.2. The van der Waals surface area contributed by atoms with E-state index >= 15 is 0 Å². The summed E-state index contributed by atoms with van der Waals surface area (Å²) in [4.78, 5) is 40.3. The van der Waals surface area contributed by atoms with E-state index in [1.807, 2.05) is 61.5 Å². The summed E-state index contributed by atoms with van der Waals surface area (Å²) < 4.78 is 0. The molecule has 6 nitrogen and oxygen atoms in total. The summed E-state index contributed by atoms with van der Waals surface area (Å²) in [5.41, 5.74) is 3.60. The molecule has 0 aromatic heterocycles. The lowest BCUT2D eigenvalue weighted by atomic mass is 10.0. The van der Waals surface area contributed by atoms with Gasteiger partial charge >= 0.3 is 0 Å². The van der Waals surface area contributed by atoms with Crippen molar-refractivity contribution in [2.75, 3.05) is 10.6 Å². The molecule has 43 heavy (non-hydrogen) atoms. The van der Waals surface area contributed by atoms with Crippen molar-refractivity contribution < 1.29 is 14.4 Å². The average Bonchev–Trinajstić information content (AvgIpc) is 3.01. The van der Waals surface area contributed by atoms with Crippen LogP contribution in [0.5, 0.6) is 0 Å². The van der Waals surface area contributed by atoms with E-state index in [0.29, 0.717) is 34.3 Å². The number of benzene rings is 4. The van der Waals surface area contributed by atoms with Gasteiger partial charge in [-0.15, -0.1) is 11.8 Å². The van der Waals surface area contributed by atoms with Gasteiger partial charge in [0.25, 0.3) is 11.8 Å². The number of amides is 3. The van der Waals surface area contributed by atoms with Crippen LogP contribution in [0.4, 0.5) is 11.4 Å². The molecule has 0 aliphatic rings. The quantitative estimate of drug-likeness (QED) is 0.117.